The smallest absolute Gasteiger partial charge is 0.242 e. The van der Waals surface area contributed by atoms with Crippen LogP contribution in [-0.4, -0.2) is 89.2 Å². The van der Waals surface area contributed by atoms with Crippen LogP contribution in [0.5, 0.6) is 0 Å². The molecule has 0 radical (unpaired) electrons. The summed E-state index contributed by atoms with van der Waals surface area (Å²) in [5, 5.41) is 27.4. The lowest BCUT2D eigenvalue weighted by atomic mass is 9.82. The first-order valence-corrected chi connectivity index (χ1v) is 17.9. The monoisotopic (exact) mass is 684 g/mol. The molecule has 1 aliphatic carbocycles. The SMILES string of the molecule is C#CCC[C@H](NC(=O)C(CC(=O)N(C)CCN(C)Cc1ccccc1)Cc1ccccc1)C(=O)NC(CC1CCCCC1)[C@@H](O)C(O)CC#C. The van der Waals surface area contributed by atoms with E-state index in [-0.39, 0.29) is 37.5 Å². The second-order valence-corrected chi connectivity index (χ2v) is 13.8. The molecule has 0 aromatic heterocycles. The van der Waals surface area contributed by atoms with Crippen molar-refractivity contribution in [1.29, 1.82) is 0 Å². The first-order valence-electron chi connectivity index (χ1n) is 17.9. The maximum Gasteiger partial charge on any atom is 0.242 e. The maximum absolute atomic E-state index is 13.9. The zero-order chi connectivity index (χ0) is 36.3. The van der Waals surface area contributed by atoms with E-state index >= 15 is 0 Å². The predicted octanol–water partition coefficient (Wildman–Crippen LogP) is 3.92. The Balaban J connectivity index is 1.72. The lowest BCUT2D eigenvalue weighted by molar-refractivity contribution is -0.137. The van der Waals surface area contributed by atoms with Gasteiger partial charge in [-0.15, -0.1) is 24.7 Å². The summed E-state index contributed by atoms with van der Waals surface area (Å²) in [5.41, 5.74) is 2.08. The topological polar surface area (TPSA) is 122 Å². The van der Waals surface area contributed by atoms with Crippen molar-refractivity contribution in [2.24, 2.45) is 11.8 Å². The molecule has 0 aliphatic heterocycles. The van der Waals surface area contributed by atoms with Crippen molar-refractivity contribution in [2.75, 3.05) is 27.2 Å². The molecular formula is C41H56N4O5. The van der Waals surface area contributed by atoms with Crippen molar-refractivity contribution in [3.63, 3.8) is 0 Å². The van der Waals surface area contributed by atoms with Crippen LogP contribution in [0, 0.1) is 36.5 Å². The summed E-state index contributed by atoms with van der Waals surface area (Å²) in [4.78, 5) is 45.0. The average Bonchev–Trinajstić information content (AvgIpc) is 3.12. The van der Waals surface area contributed by atoms with E-state index in [0.717, 1.165) is 44.2 Å². The molecule has 1 aliphatic rings. The Labute approximate surface area is 299 Å². The van der Waals surface area contributed by atoms with Gasteiger partial charge in [0.2, 0.25) is 17.7 Å². The number of aliphatic hydroxyl groups is 2. The van der Waals surface area contributed by atoms with Crippen molar-refractivity contribution in [1.82, 2.24) is 20.4 Å². The molecule has 1 fully saturated rings. The second kappa shape index (κ2) is 21.8. The highest BCUT2D eigenvalue weighted by Gasteiger charge is 2.34. The molecule has 50 heavy (non-hydrogen) atoms. The number of benzene rings is 2. The molecule has 3 amide bonds. The van der Waals surface area contributed by atoms with E-state index in [0.29, 0.717) is 25.9 Å². The molecule has 0 heterocycles. The standard InChI is InChI=1S/C41H56N4O5/c1-5-7-24-35(41(50)43-36(39(48)37(46)17-6-2)28-32-20-13-9-14-21-32)42-40(49)34(27-31-18-11-8-12-19-31)29-38(47)45(4)26-25-44(3)30-33-22-15-10-16-23-33/h1-2,8,10-12,15-16,18-19,22-23,32,34-37,39,46,48H,7,9,13-14,17,20-21,24-30H2,3-4H3,(H,42,49)(H,43,50)/t34?,35-,36?,37?,39+/m0/s1. The van der Waals surface area contributed by atoms with Gasteiger partial charge in [-0.25, -0.2) is 0 Å². The third-order valence-corrected chi connectivity index (χ3v) is 9.64. The quantitative estimate of drug-likeness (QED) is 0.157. The first-order chi connectivity index (χ1) is 24.1. The average molecular weight is 685 g/mol. The zero-order valence-corrected chi connectivity index (χ0v) is 29.8. The molecule has 9 heteroatoms. The molecular weight excluding hydrogens is 628 g/mol. The Morgan fingerprint density at radius 2 is 1.50 bits per heavy atom. The fraction of sp³-hybridized carbons (Fsp3) is 0.537. The summed E-state index contributed by atoms with van der Waals surface area (Å²) in [7, 11) is 3.75. The summed E-state index contributed by atoms with van der Waals surface area (Å²) in [6.07, 6.45) is 14.9. The Morgan fingerprint density at radius 1 is 0.860 bits per heavy atom. The van der Waals surface area contributed by atoms with Gasteiger partial charge in [-0.2, -0.15) is 0 Å². The summed E-state index contributed by atoms with van der Waals surface area (Å²) in [6.45, 7) is 1.90. The van der Waals surface area contributed by atoms with Gasteiger partial charge in [-0.1, -0.05) is 92.8 Å². The van der Waals surface area contributed by atoms with Crippen LogP contribution in [0.3, 0.4) is 0 Å². The Hall–Kier alpha value is -4.15. The highest BCUT2D eigenvalue weighted by molar-refractivity contribution is 5.91. The first kappa shape index (κ1) is 40.3. The molecule has 0 spiro atoms. The van der Waals surface area contributed by atoms with E-state index in [1.807, 2.05) is 55.6 Å². The summed E-state index contributed by atoms with van der Waals surface area (Å²) < 4.78 is 0. The van der Waals surface area contributed by atoms with E-state index in [1.54, 1.807) is 11.9 Å². The molecule has 270 valence electrons. The molecule has 1 saturated carbocycles. The lowest BCUT2D eigenvalue weighted by Gasteiger charge is -2.33. The largest absolute Gasteiger partial charge is 0.389 e. The van der Waals surface area contributed by atoms with Gasteiger partial charge >= 0.3 is 0 Å². The summed E-state index contributed by atoms with van der Waals surface area (Å²) >= 11 is 0. The molecule has 5 atom stereocenters. The fourth-order valence-corrected chi connectivity index (χ4v) is 6.59. The summed E-state index contributed by atoms with van der Waals surface area (Å²) in [6, 6.07) is 17.8. The Kier molecular flexibility index (Phi) is 17.6. The minimum absolute atomic E-state index is 0.0373. The maximum atomic E-state index is 13.9. The molecule has 3 unspecified atom stereocenters. The van der Waals surface area contributed by atoms with Crippen LogP contribution in [0.1, 0.15) is 75.3 Å². The van der Waals surface area contributed by atoms with Crippen LogP contribution in [0.4, 0.5) is 0 Å². The van der Waals surface area contributed by atoms with Gasteiger partial charge in [-0.3, -0.25) is 14.4 Å². The zero-order valence-electron chi connectivity index (χ0n) is 29.8. The number of carbonyl (C=O) groups excluding carboxylic acids is 3. The fourth-order valence-electron chi connectivity index (χ4n) is 6.59. The van der Waals surface area contributed by atoms with E-state index in [4.69, 9.17) is 12.8 Å². The molecule has 2 aromatic rings. The van der Waals surface area contributed by atoms with Crippen LogP contribution in [0.2, 0.25) is 0 Å². The van der Waals surface area contributed by atoms with E-state index in [2.05, 4.69) is 39.5 Å². The van der Waals surface area contributed by atoms with Crippen LogP contribution in [-0.2, 0) is 27.3 Å². The number of carbonyl (C=O) groups is 3. The van der Waals surface area contributed by atoms with Crippen molar-refractivity contribution >= 4 is 17.7 Å². The number of likely N-dealkylation sites (N-methyl/N-ethyl adjacent to an activating group) is 2. The van der Waals surface area contributed by atoms with Crippen molar-refractivity contribution in [3.05, 3.63) is 71.8 Å². The number of hydrogen-bond acceptors (Lipinski definition) is 6. The van der Waals surface area contributed by atoms with Crippen LogP contribution in [0.25, 0.3) is 0 Å². The second-order valence-electron chi connectivity index (χ2n) is 13.8. The lowest BCUT2D eigenvalue weighted by Crippen LogP contribution is -2.56. The molecule has 4 N–H and O–H groups in total. The van der Waals surface area contributed by atoms with Gasteiger partial charge in [0.25, 0.3) is 0 Å². The van der Waals surface area contributed by atoms with Crippen LogP contribution >= 0.6 is 0 Å². The molecule has 2 aromatic carbocycles. The number of hydrogen-bond donors (Lipinski definition) is 4. The Bertz CT molecular complexity index is 1400. The number of rotatable bonds is 20. The van der Waals surface area contributed by atoms with Crippen LogP contribution < -0.4 is 10.6 Å². The van der Waals surface area contributed by atoms with Crippen LogP contribution in [0.15, 0.2) is 60.7 Å². The van der Waals surface area contributed by atoms with Gasteiger partial charge in [0, 0.05) is 45.9 Å². The van der Waals surface area contributed by atoms with Gasteiger partial charge in [-0.05, 0) is 43.4 Å². The van der Waals surface area contributed by atoms with Crippen molar-refractivity contribution in [3.8, 4) is 24.7 Å². The highest BCUT2D eigenvalue weighted by Crippen LogP contribution is 2.29. The van der Waals surface area contributed by atoms with Crippen molar-refractivity contribution in [2.45, 2.75) is 101 Å². The number of aliphatic hydroxyl groups excluding tert-OH is 2. The normalized spacial score (nSPS) is 16.2. The van der Waals surface area contributed by atoms with E-state index in [9.17, 15) is 24.6 Å². The molecule has 0 saturated heterocycles. The molecule has 0 bridgehead atoms. The van der Waals surface area contributed by atoms with E-state index in [1.165, 1.54) is 5.56 Å². The Morgan fingerprint density at radius 3 is 2.12 bits per heavy atom. The third kappa shape index (κ3) is 14.0. The van der Waals surface area contributed by atoms with Gasteiger partial charge in [0.05, 0.1) is 18.1 Å². The predicted molar refractivity (Wildman–Crippen MR) is 197 cm³/mol. The molecule has 9 nitrogen and oxygen atoms in total. The molecule has 3 rings (SSSR count). The number of nitrogens with zero attached hydrogens (tertiary/aromatic N) is 2. The number of terminal acetylenes is 2. The number of nitrogens with one attached hydrogen (secondary N) is 2. The van der Waals surface area contributed by atoms with Gasteiger partial charge in [0.15, 0.2) is 0 Å². The number of amides is 3. The van der Waals surface area contributed by atoms with E-state index < -0.39 is 42.0 Å². The third-order valence-electron chi connectivity index (χ3n) is 9.64. The van der Waals surface area contributed by atoms with Crippen molar-refractivity contribution < 1.29 is 24.6 Å². The summed E-state index contributed by atoms with van der Waals surface area (Å²) in [5.74, 6) is 3.39. The van der Waals surface area contributed by atoms with Gasteiger partial charge in [0.1, 0.15) is 12.1 Å². The van der Waals surface area contributed by atoms with Gasteiger partial charge < -0.3 is 30.6 Å². The highest BCUT2D eigenvalue weighted by atomic mass is 16.3. The minimum atomic E-state index is -1.27. The minimum Gasteiger partial charge on any atom is -0.389 e.